The highest BCUT2D eigenvalue weighted by molar-refractivity contribution is 5.81. The fourth-order valence-corrected chi connectivity index (χ4v) is 1.55. The van der Waals surface area contributed by atoms with Crippen LogP contribution in [0.25, 0.3) is 0 Å². The first-order chi connectivity index (χ1) is 6.37. The largest absolute Gasteiger partial charge is 0.480 e. The van der Waals surface area contributed by atoms with Crippen LogP contribution in [0.15, 0.2) is 0 Å². The molecule has 14 heavy (non-hydrogen) atoms. The minimum Gasteiger partial charge on any atom is -0.480 e. The van der Waals surface area contributed by atoms with E-state index in [4.69, 9.17) is 16.6 Å². The fourth-order valence-electron chi connectivity index (χ4n) is 1.55. The van der Waals surface area contributed by atoms with Crippen LogP contribution < -0.4 is 11.5 Å². The highest BCUT2D eigenvalue weighted by Crippen LogP contribution is 2.20. The number of hydrogen-bond acceptors (Lipinski definition) is 4. The maximum absolute atomic E-state index is 10.9. The SMILES string of the molecule is CC(C(N)=O)N1CCC(N)(C(=O)O)C1. The Morgan fingerprint density at radius 1 is 1.57 bits per heavy atom. The van der Waals surface area contributed by atoms with E-state index < -0.39 is 23.5 Å². The number of hydrogen-bond donors (Lipinski definition) is 3. The lowest BCUT2D eigenvalue weighted by Crippen LogP contribution is -2.52. The zero-order valence-electron chi connectivity index (χ0n) is 8.06. The van der Waals surface area contributed by atoms with Gasteiger partial charge in [0.1, 0.15) is 5.54 Å². The average molecular weight is 201 g/mol. The van der Waals surface area contributed by atoms with E-state index in [0.717, 1.165) is 0 Å². The molecule has 1 rings (SSSR count). The molecular formula is C8H15N3O3. The highest BCUT2D eigenvalue weighted by Gasteiger charge is 2.43. The van der Waals surface area contributed by atoms with Crippen LogP contribution in [0.4, 0.5) is 0 Å². The van der Waals surface area contributed by atoms with Crippen LogP contribution in [0.1, 0.15) is 13.3 Å². The van der Waals surface area contributed by atoms with Crippen molar-refractivity contribution in [3.05, 3.63) is 0 Å². The maximum atomic E-state index is 10.9. The molecule has 6 nitrogen and oxygen atoms in total. The molecule has 5 N–H and O–H groups in total. The number of nitrogens with two attached hydrogens (primary N) is 2. The van der Waals surface area contributed by atoms with E-state index in [2.05, 4.69) is 0 Å². The van der Waals surface area contributed by atoms with E-state index in [1.165, 1.54) is 0 Å². The van der Waals surface area contributed by atoms with Gasteiger partial charge in [-0.2, -0.15) is 0 Å². The van der Waals surface area contributed by atoms with Gasteiger partial charge < -0.3 is 16.6 Å². The van der Waals surface area contributed by atoms with Gasteiger partial charge in [-0.05, 0) is 13.3 Å². The molecule has 0 bridgehead atoms. The molecular weight excluding hydrogens is 186 g/mol. The molecule has 2 unspecified atom stereocenters. The van der Waals surface area contributed by atoms with Crippen molar-refractivity contribution >= 4 is 11.9 Å². The summed E-state index contributed by atoms with van der Waals surface area (Å²) in [6, 6.07) is -0.459. The molecule has 1 fully saturated rings. The summed E-state index contributed by atoms with van der Waals surface area (Å²) < 4.78 is 0. The normalized spacial score (nSPS) is 30.1. The summed E-state index contributed by atoms with van der Waals surface area (Å²) in [5, 5.41) is 8.84. The van der Waals surface area contributed by atoms with Crippen molar-refractivity contribution in [2.24, 2.45) is 11.5 Å². The Labute approximate surface area is 81.8 Å². The van der Waals surface area contributed by atoms with Gasteiger partial charge in [0.25, 0.3) is 0 Å². The van der Waals surface area contributed by atoms with Crippen LogP contribution >= 0.6 is 0 Å². The summed E-state index contributed by atoms with van der Waals surface area (Å²) in [4.78, 5) is 23.3. The molecule has 6 heteroatoms. The number of amides is 1. The smallest absolute Gasteiger partial charge is 0.325 e. The van der Waals surface area contributed by atoms with E-state index in [-0.39, 0.29) is 6.54 Å². The van der Waals surface area contributed by atoms with Gasteiger partial charge in [-0.15, -0.1) is 0 Å². The van der Waals surface area contributed by atoms with E-state index in [9.17, 15) is 9.59 Å². The number of likely N-dealkylation sites (tertiary alicyclic amines) is 1. The van der Waals surface area contributed by atoms with Crippen LogP contribution in [-0.4, -0.2) is 46.6 Å². The van der Waals surface area contributed by atoms with Gasteiger partial charge >= 0.3 is 5.97 Å². The van der Waals surface area contributed by atoms with Crippen molar-refractivity contribution in [1.82, 2.24) is 4.90 Å². The summed E-state index contributed by atoms with van der Waals surface area (Å²) in [5.74, 6) is -1.49. The number of carbonyl (C=O) groups is 2. The lowest BCUT2D eigenvalue weighted by molar-refractivity contribution is -0.143. The first-order valence-electron chi connectivity index (χ1n) is 4.42. The Bertz CT molecular complexity index is 269. The lowest BCUT2D eigenvalue weighted by Gasteiger charge is -2.23. The molecule has 0 aromatic heterocycles. The van der Waals surface area contributed by atoms with Gasteiger partial charge in [0.05, 0.1) is 6.04 Å². The van der Waals surface area contributed by atoms with Crippen LogP contribution in [0.3, 0.4) is 0 Å². The molecule has 0 aliphatic carbocycles. The Balaban J connectivity index is 2.65. The minimum atomic E-state index is -1.23. The molecule has 1 amide bonds. The van der Waals surface area contributed by atoms with Crippen molar-refractivity contribution in [3.8, 4) is 0 Å². The standard InChI is InChI=1S/C8H15N3O3/c1-5(6(9)12)11-3-2-8(10,4-11)7(13)14/h5H,2-4,10H2,1H3,(H2,9,12)(H,13,14). The quantitative estimate of drug-likeness (QED) is 0.506. The molecule has 0 radical (unpaired) electrons. The van der Waals surface area contributed by atoms with Gasteiger partial charge in [-0.1, -0.05) is 0 Å². The predicted octanol–water partition coefficient (Wildman–Crippen LogP) is -1.65. The number of primary amides is 1. The lowest BCUT2D eigenvalue weighted by atomic mass is 10.0. The van der Waals surface area contributed by atoms with Crippen molar-refractivity contribution in [3.63, 3.8) is 0 Å². The zero-order valence-corrected chi connectivity index (χ0v) is 8.06. The van der Waals surface area contributed by atoms with Gasteiger partial charge in [-0.25, -0.2) is 0 Å². The molecule has 80 valence electrons. The van der Waals surface area contributed by atoms with Gasteiger partial charge in [0, 0.05) is 13.1 Å². The highest BCUT2D eigenvalue weighted by atomic mass is 16.4. The van der Waals surface area contributed by atoms with Crippen LogP contribution in [0, 0.1) is 0 Å². The summed E-state index contributed by atoms with van der Waals surface area (Å²) in [6.45, 7) is 2.31. The van der Waals surface area contributed by atoms with Crippen LogP contribution in [0.2, 0.25) is 0 Å². The summed E-state index contributed by atoms with van der Waals surface area (Å²) in [7, 11) is 0. The maximum Gasteiger partial charge on any atom is 0.325 e. The number of carboxylic acid groups (broad SMARTS) is 1. The van der Waals surface area contributed by atoms with E-state index in [0.29, 0.717) is 13.0 Å². The molecule has 2 atom stereocenters. The fraction of sp³-hybridized carbons (Fsp3) is 0.750. The Morgan fingerprint density at radius 3 is 2.50 bits per heavy atom. The topological polar surface area (TPSA) is 110 Å². The van der Waals surface area contributed by atoms with Crippen LogP contribution in [0.5, 0.6) is 0 Å². The Hall–Kier alpha value is -1.14. The number of nitrogens with zero attached hydrogens (tertiary/aromatic N) is 1. The van der Waals surface area contributed by atoms with Crippen molar-refractivity contribution in [1.29, 1.82) is 0 Å². The van der Waals surface area contributed by atoms with Crippen molar-refractivity contribution in [2.75, 3.05) is 13.1 Å². The van der Waals surface area contributed by atoms with Gasteiger partial charge in [0.15, 0.2) is 0 Å². The third-order valence-corrected chi connectivity index (χ3v) is 2.72. The number of aliphatic carboxylic acids is 1. The van der Waals surface area contributed by atoms with Gasteiger partial charge in [0.2, 0.25) is 5.91 Å². The Kier molecular flexibility index (Phi) is 2.77. The molecule has 0 saturated carbocycles. The van der Waals surface area contributed by atoms with Crippen molar-refractivity contribution < 1.29 is 14.7 Å². The van der Waals surface area contributed by atoms with Crippen LogP contribution in [-0.2, 0) is 9.59 Å². The predicted molar refractivity (Wildman–Crippen MR) is 49.4 cm³/mol. The molecule has 1 aliphatic rings. The number of carbonyl (C=O) groups excluding carboxylic acids is 1. The molecule has 0 aromatic rings. The van der Waals surface area contributed by atoms with Gasteiger partial charge in [-0.3, -0.25) is 14.5 Å². The average Bonchev–Trinajstić information content (AvgIpc) is 2.48. The first kappa shape index (κ1) is 10.9. The second-order valence-electron chi connectivity index (χ2n) is 3.76. The van der Waals surface area contributed by atoms with Crippen molar-refractivity contribution in [2.45, 2.75) is 24.9 Å². The molecule has 0 aromatic carbocycles. The number of rotatable bonds is 3. The van der Waals surface area contributed by atoms with E-state index >= 15 is 0 Å². The number of carboxylic acids is 1. The summed E-state index contributed by atoms with van der Waals surface area (Å²) >= 11 is 0. The zero-order chi connectivity index (χ0) is 10.9. The molecule has 1 heterocycles. The second kappa shape index (κ2) is 3.55. The third-order valence-electron chi connectivity index (χ3n) is 2.72. The third kappa shape index (κ3) is 1.85. The monoisotopic (exact) mass is 201 g/mol. The minimum absolute atomic E-state index is 0.173. The van der Waals surface area contributed by atoms with E-state index in [1.54, 1.807) is 11.8 Å². The Morgan fingerprint density at radius 2 is 2.14 bits per heavy atom. The summed E-state index contributed by atoms with van der Waals surface area (Å²) in [5.41, 5.74) is 9.52. The van der Waals surface area contributed by atoms with E-state index in [1.807, 2.05) is 0 Å². The summed E-state index contributed by atoms with van der Waals surface area (Å²) in [6.07, 6.45) is 0.347. The molecule has 1 aliphatic heterocycles. The molecule has 1 saturated heterocycles. The first-order valence-corrected chi connectivity index (χ1v) is 4.42. The second-order valence-corrected chi connectivity index (χ2v) is 3.76. The molecule has 0 spiro atoms.